The molecule has 0 amide bonds. The number of H-pyrrole nitrogens is 1. The maximum absolute atomic E-state index is 10.9. The summed E-state index contributed by atoms with van der Waals surface area (Å²) in [4.78, 5) is 18.1. The summed E-state index contributed by atoms with van der Waals surface area (Å²) in [5, 5.41) is 1.34. The van der Waals surface area contributed by atoms with Crippen LogP contribution in [0.2, 0.25) is 5.02 Å². The predicted octanol–water partition coefficient (Wildman–Crippen LogP) is 2.59. The van der Waals surface area contributed by atoms with Gasteiger partial charge in [0, 0.05) is 22.8 Å². The van der Waals surface area contributed by atoms with Crippen molar-refractivity contribution in [3.8, 4) is 0 Å². The SMILES string of the molecule is CCc1[nH]c2ncc(Cl)cc2c1C=O. The Morgan fingerprint density at radius 2 is 2.43 bits per heavy atom. The lowest BCUT2D eigenvalue weighted by molar-refractivity contribution is 0.112. The molecule has 1 N–H and O–H groups in total. The highest BCUT2D eigenvalue weighted by Crippen LogP contribution is 2.22. The summed E-state index contributed by atoms with van der Waals surface area (Å²) >= 11 is 5.81. The van der Waals surface area contributed by atoms with E-state index < -0.39 is 0 Å². The van der Waals surface area contributed by atoms with E-state index in [2.05, 4.69) is 9.97 Å². The van der Waals surface area contributed by atoms with Gasteiger partial charge >= 0.3 is 0 Å². The van der Waals surface area contributed by atoms with Crippen LogP contribution in [-0.4, -0.2) is 16.3 Å². The Balaban J connectivity index is 2.81. The maximum atomic E-state index is 10.9. The van der Waals surface area contributed by atoms with Gasteiger partial charge in [-0.25, -0.2) is 4.98 Å². The molecule has 0 aliphatic rings. The number of halogens is 1. The van der Waals surface area contributed by atoms with Gasteiger partial charge in [-0.05, 0) is 12.5 Å². The van der Waals surface area contributed by atoms with Crippen molar-refractivity contribution in [1.82, 2.24) is 9.97 Å². The molecule has 2 rings (SSSR count). The lowest BCUT2D eigenvalue weighted by Crippen LogP contribution is -1.85. The molecule has 0 radical (unpaired) electrons. The smallest absolute Gasteiger partial charge is 0.152 e. The van der Waals surface area contributed by atoms with Gasteiger partial charge < -0.3 is 4.98 Å². The quantitative estimate of drug-likeness (QED) is 0.772. The number of rotatable bonds is 2. The fourth-order valence-electron chi connectivity index (χ4n) is 1.53. The monoisotopic (exact) mass is 208 g/mol. The van der Waals surface area contributed by atoms with Gasteiger partial charge in [0.1, 0.15) is 5.65 Å². The number of nitrogens with one attached hydrogen (secondary N) is 1. The van der Waals surface area contributed by atoms with E-state index in [0.717, 1.165) is 23.8 Å². The van der Waals surface area contributed by atoms with E-state index in [4.69, 9.17) is 11.6 Å². The van der Waals surface area contributed by atoms with Crippen molar-refractivity contribution in [1.29, 1.82) is 0 Å². The first-order chi connectivity index (χ1) is 6.76. The van der Waals surface area contributed by atoms with Crippen molar-refractivity contribution < 1.29 is 4.79 Å². The first kappa shape index (κ1) is 9.21. The number of carbonyl (C=O) groups excluding carboxylic acids is 1. The molecular formula is C10H9ClN2O. The molecule has 0 atom stereocenters. The molecule has 0 fully saturated rings. The third-order valence-electron chi connectivity index (χ3n) is 2.21. The summed E-state index contributed by atoms with van der Waals surface area (Å²) in [5.74, 6) is 0. The van der Waals surface area contributed by atoms with E-state index in [-0.39, 0.29) is 0 Å². The third kappa shape index (κ3) is 1.30. The largest absolute Gasteiger partial charge is 0.343 e. The molecule has 0 aromatic carbocycles. The minimum absolute atomic E-state index is 0.544. The highest BCUT2D eigenvalue weighted by atomic mass is 35.5. The van der Waals surface area contributed by atoms with Gasteiger partial charge in [-0.1, -0.05) is 18.5 Å². The van der Waals surface area contributed by atoms with Crippen LogP contribution in [0.15, 0.2) is 12.3 Å². The van der Waals surface area contributed by atoms with Crippen molar-refractivity contribution in [3.63, 3.8) is 0 Å². The van der Waals surface area contributed by atoms with E-state index in [0.29, 0.717) is 16.2 Å². The molecule has 3 nitrogen and oxygen atoms in total. The lowest BCUT2D eigenvalue weighted by atomic mass is 10.1. The molecule has 72 valence electrons. The standard InChI is InChI=1S/C10H9ClN2O/c1-2-9-8(5-14)7-3-6(11)4-12-10(7)13-9/h3-5H,2H2,1H3,(H,12,13). The van der Waals surface area contributed by atoms with E-state index in [9.17, 15) is 4.79 Å². The van der Waals surface area contributed by atoms with Crippen molar-refractivity contribution in [2.24, 2.45) is 0 Å². The van der Waals surface area contributed by atoms with Gasteiger partial charge in [-0.15, -0.1) is 0 Å². The molecule has 0 saturated carbocycles. The van der Waals surface area contributed by atoms with Crippen molar-refractivity contribution in [2.75, 3.05) is 0 Å². The number of pyridine rings is 1. The fraction of sp³-hybridized carbons (Fsp3) is 0.200. The van der Waals surface area contributed by atoms with Crippen LogP contribution < -0.4 is 0 Å². The molecule has 0 aliphatic carbocycles. The Labute approximate surface area is 86.1 Å². The molecule has 14 heavy (non-hydrogen) atoms. The maximum Gasteiger partial charge on any atom is 0.152 e. The van der Waals surface area contributed by atoms with Crippen molar-refractivity contribution >= 4 is 28.9 Å². The normalized spacial score (nSPS) is 10.7. The Kier molecular flexibility index (Phi) is 2.25. The minimum Gasteiger partial charge on any atom is -0.343 e. The van der Waals surface area contributed by atoms with Gasteiger partial charge in [-0.2, -0.15) is 0 Å². The minimum atomic E-state index is 0.544. The molecular weight excluding hydrogens is 200 g/mol. The Morgan fingerprint density at radius 3 is 3.07 bits per heavy atom. The van der Waals surface area contributed by atoms with Gasteiger partial charge in [0.05, 0.1) is 5.02 Å². The topological polar surface area (TPSA) is 45.8 Å². The zero-order chi connectivity index (χ0) is 10.1. The van der Waals surface area contributed by atoms with Gasteiger partial charge in [0.25, 0.3) is 0 Å². The Hall–Kier alpha value is -1.35. The van der Waals surface area contributed by atoms with Crippen LogP contribution in [0.3, 0.4) is 0 Å². The predicted molar refractivity (Wildman–Crippen MR) is 55.9 cm³/mol. The second-order valence-electron chi connectivity index (χ2n) is 3.04. The highest BCUT2D eigenvalue weighted by Gasteiger charge is 2.10. The zero-order valence-electron chi connectivity index (χ0n) is 7.67. The summed E-state index contributed by atoms with van der Waals surface area (Å²) in [7, 11) is 0. The number of nitrogens with zero attached hydrogens (tertiary/aromatic N) is 1. The number of aromatic nitrogens is 2. The van der Waals surface area contributed by atoms with Gasteiger partial charge in [0.15, 0.2) is 6.29 Å². The number of hydrogen-bond acceptors (Lipinski definition) is 2. The Morgan fingerprint density at radius 1 is 1.64 bits per heavy atom. The molecule has 0 unspecified atom stereocenters. The van der Waals surface area contributed by atoms with Crippen LogP contribution in [0.5, 0.6) is 0 Å². The fourth-order valence-corrected chi connectivity index (χ4v) is 1.69. The number of aldehydes is 1. The first-order valence-corrected chi connectivity index (χ1v) is 4.75. The van der Waals surface area contributed by atoms with Crippen LogP contribution in [0.4, 0.5) is 0 Å². The molecule has 0 bridgehead atoms. The van der Waals surface area contributed by atoms with Crippen LogP contribution in [0, 0.1) is 0 Å². The molecule has 0 spiro atoms. The van der Waals surface area contributed by atoms with E-state index in [1.165, 1.54) is 0 Å². The third-order valence-corrected chi connectivity index (χ3v) is 2.42. The Bertz CT molecular complexity index is 490. The molecule has 2 aromatic rings. The van der Waals surface area contributed by atoms with Crippen LogP contribution >= 0.6 is 11.6 Å². The molecule has 4 heteroatoms. The summed E-state index contributed by atoms with van der Waals surface area (Å²) < 4.78 is 0. The van der Waals surface area contributed by atoms with Crippen molar-refractivity contribution in [2.45, 2.75) is 13.3 Å². The van der Waals surface area contributed by atoms with E-state index in [1.54, 1.807) is 12.3 Å². The number of fused-ring (bicyclic) bond motifs is 1. The van der Waals surface area contributed by atoms with Crippen LogP contribution in [0.1, 0.15) is 23.0 Å². The molecule has 2 heterocycles. The second kappa shape index (κ2) is 3.42. The first-order valence-electron chi connectivity index (χ1n) is 4.37. The van der Waals surface area contributed by atoms with Gasteiger partial charge in [-0.3, -0.25) is 4.79 Å². The number of aryl methyl sites for hydroxylation is 1. The number of aromatic amines is 1. The summed E-state index contributed by atoms with van der Waals surface area (Å²) in [6.45, 7) is 1.99. The van der Waals surface area contributed by atoms with Crippen LogP contribution in [0.25, 0.3) is 11.0 Å². The van der Waals surface area contributed by atoms with E-state index >= 15 is 0 Å². The molecule has 0 aliphatic heterocycles. The van der Waals surface area contributed by atoms with Crippen molar-refractivity contribution in [3.05, 3.63) is 28.5 Å². The molecule has 2 aromatic heterocycles. The summed E-state index contributed by atoms with van der Waals surface area (Å²) in [6, 6.07) is 1.75. The van der Waals surface area contributed by atoms with E-state index in [1.807, 2.05) is 6.92 Å². The zero-order valence-corrected chi connectivity index (χ0v) is 8.43. The molecule has 0 saturated heterocycles. The average Bonchev–Trinajstić information content (AvgIpc) is 2.54. The highest BCUT2D eigenvalue weighted by molar-refractivity contribution is 6.31. The average molecular weight is 209 g/mol. The summed E-state index contributed by atoms with van der Waals surface area (Å²) in [6.07, 6.45) is 3.19. The summed E-state index contributed by atoms with van der Waals surface area (Å²) in [5.41, 5.74) is 2.29. The second-order valence-corrected chi connectivity index (χ2v) is 3.47. The lowest BCUT2D eigenvalue weighted by Gasteiger charge is -1.91. The van der Waals surface area contributed by atoms with Crippen LogP contribution in [-0.2, 0) is 6.42 Å². The number of carbonyl (C=O) groups is 1. The van der Waals surface area contributed by atoms with Gasteiger partial charge in [0.2, 0.25) is 0 Å². The number of hydrogen-bond donors (Lipinski definition) is 1.